The van der Waals surface area contributed by atoms with Gasteiger partial charge < -0.3 is 15.2 Å². The number of halogens is 1. The van der Waals surface area contributed by atoms with E-state index in [1.54, 1.807) is 7.05 Å². The average molecular weight is 478 g/mol. The molecule has 2 N–H and O–H groups in total. The fraction of sp³-hybridized carbons (Fsp3) is 0.333. The van der Waals surface area contributed by atoms with Gasteiger partial charge in [-0.05, 0) is 43.5 Å². The van der Waals surface area contributed by atoms with Crippen LogP contribution in [0.4, 0.5) is 0 Å². The van der Waals surface area contributed by atoms with Crippen LogP contribution in [0.25, 0.3) is 10.8 Å². The van der Waals surface area contributed by atoms with E-state index in [0.717, 1.165) is 35.9 Å². The van der Waals surface area contributed by atoms with Gasteiger partial charge in [0.1, 0.15) is 5.76 Å². The van der Waals surface area contributed by atoms with Crippen molar-refractivity contribution in [1.29, 1.82) is 0 Å². The van der Waals surface area contributed by atoms with E-state index in [0.29, 0.717) is 0 Å². The van der Waals surface area contributed by atoms with E-state index in [1.807, 2.05) is 13.8 Å². The van der Waals surface area contributed by atoms with Gasteiger partial charge in [0.2, 0.25) is 0 Å². The van der Waals surface area contributed by atoms with Crippen LogP contribution in [0.2, 0.25) is 0 Å². The van der Waals surface area contributed by atoms with E-state index >= 15 is 0 Å². The van der Waals surface area contributed by atoms with Crippen LogP contribution in [0.5, 0.6) is 0 Å². The molecule has 3 rings (SSSR count). The predicted molar refractivity (Wildman–Crippen MR) is 122 cm³/mol. The van der Waals surface area contributed by atoms with Gasteiger partial charge >= 0.3 is 0 Å². The molecule has 0 saturated carbocycles. The molecule has 0 spiro atoms. The first-order valence-corrected chi connectivity index (χ1v) is 8.96. The quantitative estimate of drug-likeness (QED) is 0.322. The van der Waals surface area contributed by atoms with Crippen LogP contribution in [-0.2, 0) is 6.42 Å². The number of aryl methyl sites for hydroxylation is 2. The minimum atomic E-state index is 0. The normalized spacial score (nSPS) is 12.5. The van der Waals surface area contributed by atoms with Crippen LogP contribution < -0.4 is 10.6 Å². The highest BCUT2D eigenvalue weighted by Crippen LogP contribution is 2.23. The first-order valence-electron chi connectivity index (χ1n) is 8.96. The maximum atomic E-state index is 5.22. The average Bonchev–Trinajstić information content (AvgIpc) is 2.98. The molecule has 2 aromatic carbocycles. The number of aromatic nitrogens is 1. The molecule has 1 unspecified atom stereocenters. The predicted octanol–water partition coefficient (Wildman–Crippen LogP) is 4.53. The molecule has 27 heavy (non-hydrogen) atoms. The summed E-state index contributed by atoms with van der Waals surface area (Å²) >= 11 is 0. The SMILES string of the molecule is CN=C(NCCc1c(C)noc1C)NC(C)c1cccc2ccccc12.I. The van der Waals surface area contributed by atoms with Gasteiger partial charge in [0.25, 0.3) is 0 Å². The molecule has 6 heteroatoms. The summed E-state index contributed by atoms with van der Waals surface area (Å²) in [6, 6.07) is 15.0. The number of rotatable bonds is 5. The van der Waals surface area contributed by atoms with Crippen LogP contribution >= 0.6 is 24.0 Å². The Hall–Kier alpha value is -2.09. The third-order valence-electron chi connectivity index (χ3n) is 4.72. The topological polar surface area (TPSA) is 62.5 Å². The maximum absolute atomic E-state index is 5.22. The van der Waals surface area contributed by atoms with Gasteiger partial charge in [0.05, 0.1) is 11.7 Å². The van der Waals surface area contributed by atoms with Crippen LogP contribution in [0.1, 0.15) is 35.5 Å². The molecular formula is C21H27IN4O. The van der Waals surface area contributed by atoms with E-state index in [9.17, 15) is 0 Å². The van der Waals surface area contributed by atoms with Gasteiger partial charge in [-0.15, -0.1) is 24.0 Å². The Morgan fingerprint density at radius 3 is 2.59 bits per heavy atom. The van der Waals surface area contributed by atoms with E-state index in [-0.39, 0.29) is 30.0 Å². The van der Waals surface area contributed by atoms with Crippen molar-refractivity contribution >= 4 is 40.7 Å². The number of aliphatic imine (C=N–C) groups is 1. The Bertz CT molecular complexity index is 895. The fourth-order valence-electron chi connectivity index (χ4n) is 3.27. The summed E-state index contributed by atoms with van der Waals surface area (Å²) in [6.07, 6.45) is 0.852. The highest BCUT2D eigenvalue weighted by atomic mass is 127. The van der Waals surface area contributed by atoms with Gasteiger partial charge in [0, 0.05) is 19.2 Å². The van der Waals surface area contributed by atoms with Crippen molar-refractivity contribution in [3.8, 4) is 0 Å². The second kappa shape index (κ2) is 9.73. The Labute approximate surface area is 177 Å². The number of nitrogens with one attached hydrogen (secondary N) is 2. The van der Waals surface area contributed by atoms with E-state index in [4.69, 9.17) is 4.52 Å². The van der Waals surface area contributed by atoms with Crippen LogP contribution in [-0.4, -0.2) is 24.7 Å². The number of benzene rings is 2. The van der Waals surface area contributed by atoms with E-state index in [1.165, 1.54) is 16.3 Å². The third-order valence-corrected chi connectivity index (χ3v) is 4.72. The van der Waals surface area contributed by atoms with Crippen molar-refractivity contribution in [1.82, 2.24) is 15.8 Å². The molecule has 144 valence electrons. The third kappa shape index (κ3) is 5.00. The lowest BCUT2D eigenvalue weighted by molar-refractivity contribution is 0.392. The highest BCUT2D eigenvalue weighted by Gasteiger charge is 2.12. The summed E-state index contributed by atoms with van der Waals surface area (Å²) in [4.78, 5) is 4.35. The smallest absolute Gasteiger partial charge is 0.191 e. The number of hydrogen-bond acceptors (Lipinski definition) is 3. The van der Waals surface area contributed by atoms with E-state index in [2.05, 4.69) is 70.2 Å². The molecule has 0 amide bonds. The Morgan fingerprint density at radius 2 is 1.89 bits per heavy atom. The molecule has 0 aliphatic carbocycles. The molecule has 5 nitrogen and oxygen atoms in total. The number of hydrogen-bond donors (Lipinski definition) is 2. The zero-order valence-corrected chi connectivity index (χ0v) is 18.6. The monoisotopic (exact) mass is 478 g/mol. The van der Waals surface area contributed by atoms with Crippen LogP contribution in [0, 0.1) is 13.8 Å². The van der Waals surface area contributed by atoms with Crippen molar-refractivity contribution in [2.45, 2.75) is 33.2 Å². The number of nitrogens with zero attached hydrogens (tertiary/aromatic N) is 2. The van der Waals surface area contributed by atoms with Crippen molar-refractivity contribution in [2.75, 3.05) is 13.6 Å². The highest BCUT2D eigenvalue weighted by molar-refractivity contribution is 14.0. The summed E-state index contributed by atoms with van der Waals surface area (Å²) in [5.41, 5.74) is 3.38. The van der Waals surface area contributed by atoms with Crippen LogP contribution in [0.15, 0.2) is 52.0 Å². The zero-order chi connectivity index (χ0) is 18.5. The lowest BCUT2D eigenvalue weighted by Crippen LogP contribution is -2.39. The second-order valence-electron chi connectivity index (χ2n) is 6.49. The Morgan fingerprint density at radius 1 is 1.15 bits per heavy atom. The molecule has 1 heterocycles. The summed E-state index contributed by atoms with van der Waals surface area (Å²) in [7, 11) is 1.79. The van der Waals surface area contributed by atoms with Gasteiger partial charge in [0.15, 0.2) is 5.96 Å². The molecule has 0 fully saturated rings. The summed E-state index contributed by atoms with van der Waals surface area (Å²) in [6.45, 7) is 6.85. The molecule has 0 aliphatic heterocycles. The van der Waals surface area contributed by atoms with Crippen LogP contribution in [0.3, 0.4) is 0 Å². The molecule has 0 aliphatic rings. The van der Waals surface area contributed by atoms with Gasteiger partial charge in [-0.25, -0.2) is 0 Å². The van der Waals surface area contributed by atoms with Crippen molar-refractivity contribution in [3.05, 3.63) is 65.0 Å². The Balaban J connectivity index is 0.00000261. The molecule has 0 bridgehead atoms. The van der Waals surface area contributed by atoms with Gasteiger partial charge in [-0.1, -0.05) is 47.6 Å². The van der Waals surface area contributed by atoms with E-state index < -0.39 is 0 Å². The van der Waals surface area contributed by atoms with Crippen molar-refractivity contribution in [2.24, 2.45) is 4.99 Å². The molecule has 0 saturated heterocycles. The van der Waals surface area contributed by atoms with Gasteiger partial charge in [-0.3, -0.25) is 4.99 Å². The first-order chi connectivity index (χ1) is 12.6. The summed E-state index contributed by atoms with van der Waals surface area (Å²) in [5, 5.41) is 13.4. The first kappa shape index (κ1) is 21.2. The number of guanidine groups is 1. The minimum Gasteiger partial charge on any atom is -0.361 e. The molecule has 1 aromatic heterocycles. The standard InChI is InChI=1S/C21H26N4O.HI/c1-14(19-11-7-9-17-8-5-6-10-20(17)19)24-21(22-4)23-13-12-18-15(2)25-26-16(18)3;/h5-11,14H,12-13H2,1-4H3,(H2,22,23,24);1H. The summed E-state index contributed by atoms with van der Waals surface area (Å²) < 4.78 is 5.22. The van der Waals surface area contributed by atoms with Gasteiger partial charge in [-0.2, -0.15) is 0 Å². The lowest BCUT2D eigenvalue weighted by Gasteiger charge is -2.20. The zero-order valence-electron chi connectivity index (χ0n) is 16.2. The Kier molecular flexibility index (Phi) is 7.65. The molecular weight excluding hydrogens is 451 g/mol. The number of fused-ring (bicyclic) bond motifs is 1. The molecule has 0 radical (unpaired) electrons. The lowest BCUT2D eigenvalue weighted by atomic mass is 10.00. The minimum absolute atomic E-state index is 0. The molecule has 1 atom stereocenters. The maximum Gasteiger partial charge on any atom is 0.191 e. The second-order valence-corrected chi connectivity index (χ2v) is 6.49. The fourth-order valence-corrected chi connectivity index (χ4v) is 3.27. The van der Waals surface area contributed by atoms with Crippen molar-refractivity contribution in [3.63, 3.8) is 0 Å². The summed E-state index contributed by atoms with van der Waals surface area (Å²) in [5.74, 6) is 1.67. The van der Waals surface area contributed by atoms with Crippen molar-refractivity contribution < 1.29 is 4.52 Å². The molecule has 3 aromatic rings. The largest absolute Gasteiger partial charge is 0.361 e.